The molecule has 1 aliphatic heterocycles. The molecule has 170 valence electrons. The van der Waals surface area contributed by atoms with Gasteiger partial charge in [0.25, 0.3) is 0 Å². The fourth-order valence-electron chi connectivity index (χ4n) is 4.28. The van der Waals surface area contributed by atoms with E-state index in [9.17, 15) is 15.0 Å². The van der Waals surface area contributed by atoms with E-state index in [1.165, 1.54) is 11.8 Å². The summed E-state index contributed by atoms with van der Waals surface area (Å²) in [6, 6.07) is 17.3. The van der Waals surface area contributed by atoms with Crippen LogP contribution in [0.3, 0.4) is 0 Å². The fourth-order valence-corrected chi connectivity index (χ4v) is 5.65. The topological polar surface area (TPSA) is 88.4 Å². The Morgan fingerprint density at radius 2 is 1.78 bits per heavy atom. The van der Waals surface area contributed by atoms with Crippen molar-refractivity contribution in [2.75, 3.05) is 31.4 Å². The highest BCUT2D eigenvalue weighted by Crippen LogP contribution is 2.42. The lowest BCUT2D eigenvalue weighted by Crippen LogP contribution is -2.54. The second-order valence-corrected chi connectivity index (χ2v) is 9.82. The third kappa shape index (κ3) is 4.77. The maximum absolute atomic E-state index is 13.3. The zero-order chi connectivity index (χ0) is 22.8. The molecule has 0 spiro atoms. The van der Waals surface area contributed by atoms with Gasteiger partial charge in [0.05, 0.1) is 18.1 Å². The van der Waals surface area contributed by atoms with E-state index < -0.39 is 24.2 Å². The summed E-state index contributed by atoms with van der Waals surface area (Å²) in [6.07, 6.45) is -1.72. The Balaban J connectivity index is 1.47. The van der Waals surface area contributed by atoms with Crippen molar-refractivity contribution in [1.82, 2.24) is 4.90 Å². The van der Waals surface area contributed by atoms with Crippen molar-refractivity contribution >= 4 is 34.2 Å². The Kier molecular flexibility index (Phi) is 6.74. The van der Waals surface area contributed by atoms with E-state index in [-0.39, 0.29) is 17.6 Å². The average molecular weight is 455 g/mol. The monoisotopic (exact) mass is 454 g/mol. The molecule has 0 radical (unpaired) electrons. The SMILES string of the molecule is CN(Cc1ccccc1)C(=O)C1CC(O)C(O)C2N=C(Nc3ccc(N(C)C)cc3)SC12. The van der Waals surface area contributed by atoms with Crippen LogP contribution in [-0.2, 0) is 11.3 Å². The number of amidine groups is 1. The number of nitrogens with zero attached hydrogens (tertiary/aromatic N) is 3. The molecule has 2 aliphatic rings. The number of benzene rings is 2. The van der Waals surface area contributed by atoms with Crippen molar-refractivity contribution in [1.29, 1.82) is 0 Å². The predicted octanol–water partition coefficient (Wildman–Crippen LogP) is 2.40. The molecular weight excluding hydrogens is 424 g/mol. The highest BCUT2D eigenvalue weighted by molar-refractivity contribution is 8.15. The molecule has 1 aliphatic carbocycles. The van der Waals surface area contributed by atoms with Crippen LogP contribution in [0.25, 0.3) is 0 Å². The molecule has 7 nitrogen and oxygen atoms in total. The molecule has 0 aromatic heterocycles. The molecule has 2 aromatic carbocycles. The van der Waals surface area contributed by atoms with E-state index in [0.717, 1.165) is 16.9 Å². The number of aliphatic imine (C=N–C) groups is 1. The summed E-state index contributed by atoms with van der Waals surface area (Å²) >= 11 is 1.48. The minimum atomic E-state index is -0.980. The van der Waals surface area contributed by atoms with Gasteiger partial charge in [-0.3, -0.25) is 9.79 Å². The summed E-state index contributed by atoms with van der Waals surface area (Å²) in [5.41, 5.74) is 3.03. The molecule has 32 heavy (non-hydrogen) atoms. The summed E-state index contributed by atoms with van der Waals surface area (Å²) in [5.74, 6) is -0.453. The summed E-state index contributed by atoms with van der Waals surface area (Å²) in [5, 5.41) is 24.8. The smallest absolute Gasteiger partial charge is 0.227 e. The van der Waals surface area contributed by atoms with Gasteiger partial charge in [-0.2, -0.15) is 0 Å². The quantitative estimate of drug-likeness (QED) is 0.643. The molecule has 5 unspecified atom stereocenters. The van der Waals surface area contributed by atoms with Crippen LogP contribution in [0.4, 0.5) is 11.4 Å². The van der Waals surface area contributed by atoms with Gasteiger partial charge < -0.3 is 25.3 Å². The van der Waals surface area contributed by atoms with E-state index in [0.29, 0.717) is 11.7 Å². The fraction of sp³-hybridized carbons (Fsp3) is 0.417. The number of fused-ring (bicyclic) bond motifs is 1. The molecule has 4 rings (SSSR count). The van der Waals surface area contributed by atoms with Crippen LogP contribution in [0, 0.1) is 5.92 Å². The molecule has 1 amide bonds. The number of carbonyl (C=O) groups is 1. The number of aliphatic hydroxyl groups excluding tert-OH is 2. The number of nitrogens with one attached hydrogen (secondary N) is 1. The molecular formula is C24H30N4O3S. The molecule has 0 bridgehead atoms. The highest BCUT2D eigenvalue weighted by atomic mass is 32.2. The molecule has 1 heterocycles. The van der Waals surface area contributed by atoms with Crippen LogP contribution in [0.2, 0.25) is 0 Å². The Bertz CT molecular complexity index is 967. The molecule has 0 saturated heterocycles. The molecule has 1 fully saturated rings. The maximum Gasteiger partial charge on any atom is 0.227 e. The summed E-state index contributed by atoms with van der Waals surface area (Å²) in [6.45, 7) is 0.501. The number of anilines is 2. The first-order valence-corrected chi connectivity index (χ1v) is 11.7. The van der Waals surface area contributed by atoms with Crippen LogP contribution in [0.5, 0.6) is 0 Å². The van der Waals surface area contributed by atoms with Gasteiger partial charge in [-0.15, -0.1) is 0 Å². The van der Waals surface area contributed by atoms with Gasteiger partial charge in [-0.25, -0.2) is 0 Å². The third-order valence-electron chi connectivity index (χ3n) is 6.08. The lowest BCUT2D eigenvalue weighted by atomic mass is 9.80. The number of hydrogen-bond donors (Lipinski definition) is 3. The van der Waals surface area contributed by atoms with Crippen LogP contribution in [-0.4, -0.2) is 70.8 Å². The zero-order valence-corrected chi connectivity index (χ0v) is 19.4. The van der Waals surface area contributed by atoms with E-state index in [4.69, 9.17) is 0 Å². The van der Waals surface area contributed by atoms with Crippen molar-refractivity contribution in [3.8, 4) is 0 Å². The van der Waals surface area contributed by atoms with E-state index in [1.54, 1.807) is 11.9 Å². The molecule has 1 saturated carbocycles. The number of rotatable bonds is 5. The Morgan fingerprint density at radius 1 is 1.09 bits per heavy atom. The largest absolute Gasteiger partial charge is 0.390 e. The van der Waals surface area contributed by atoms with Crippen molar-refractivity contribution in [2.24, 2.45) is 10.9 Å². The van der Waals surface area contributed by atoms with Crippen molar-refractivity contribution in [2.45, 2.75) is 36.5 Å². The average Bonchev–Trinajstić information content (AvgIpc) is 3.20. The normalized spacial score (nSPS) is 26.8. The van der Waals surface area contributed by atoms with Crippen molar-refractivity contribution in [3.05, 3.63) is 60.2 Å². The summed E-state index contributed by atoms with van der Waals surface area (Å²) in [7, 11) is 5.76. The van der Waals surface area contributed by atoms with Crippen LogP contribution < -0.4 is 10.2 Å². The van der Waals surface area contributed by atoms with Crippen LogP contribution in [0.1, 0.15) is 12.0 Å². The van der Waals surface area contributed by atoms with Crippen LogP contribution >= 0.6 is 11.8 Å². The third-order valence-corrected chi connectivity index (χ3v) is 7.39. The van der Waals surface area contributed by atoms with Gasteiger partial charge in [0.15, 0.2) is 5.17 Å². The summed E-state index contributed by atoms with van der Waals surface area (Å²) in [4.78, 5) is 21.7. The van der Waals surface area contributed by atoms with Gasteiger partial charge >= 0.3 is 0 Å². The number of amides is 1. The lowest BCUT2D eigenvalue weighted by Gasteiger charge is -2.38. The Labute approximate surface area is 193 Å². The van der Waals surface area contributed by atoms with E-state index in [1.807, 2.05) is 73.6 Å². The Morgan fingerprint density at radius 3 is 2.44 bits per heavy atom. The van der Waals surface area contributed by atoms with Crippen LogP contribution in [0.15, 0.2) is 59.6 Å². The Hall–Kier alpha value is -2.55. The minimum Gasteiger partial charge on any atom is -0.390 e. The first-order valence-electron chi connectivity index (χ1n) is 10.8. The van der Waals surface area contributed by atoms with Crippen molar-refractivity contribution in [3.63, 3.8) is 0 Å². The summed E-state index contributed by atoms with van der Waals surface area (Å²) < 4.78 is 0. The second kappa shape index (κ2) is 9.52. The molecule has 5 atom stereocenters. The first kappa shape index (κ1) is 22.6. The number of carbonyl (C=O) groups excluding carboxylic acids is 1. The van der Waals surface area contributed by atoms with Gasteiger partial charge in [0.1, 0.15) is 6.10 Å². The number of thioether (sulfide) groups is 1. The van der Waals surface area contributed by atoms with E-state index >= 15 is 0 Å². The minimum absolute atomic E-state index is 0.0333. The predicted molar refractivity (Wildman–Crippen MR) is 130 cm³/mol. The standard InChI is InChI=1S/C24H30N4O3S/c1-27(2)17-11-9-16(10-12-17)25-24-26-20-21(30)19(29)13-18(22(20)32-24)23(31)28(3)14-15-7-5-4-6-8-15/h4-12,18-22,29-30H,13-14H2,1-3H3,(H,25,26). The molecule has 2 aromatic rings. The second-order valence-electron chi connectivity index (χ2n) is 8.65. The highest BCUT2D eigenvalue weighted by Gasteiger charge is 2.50. The lowest BCUT2D eigenvalue weighted by molar-refractivity contribution is -0.139. The van der Waals surface area contributed by atoms with Gasteiger partial charge in [-0.05, 0) is 36.2 Å². The number of aliphatic hydroxyl groups is 2. The van der Waals surface area contributed by atoms with Gasteiger partial charge in [0, 0.05) is 44.3 Å². The molecule has 8 heteroatoms. The first-order chi connectivity index (χ1) is 15.3. The molecule has 3 N–H and O–H groups in total. The maximum atomic E-state index is 13.3. The van der Waals surface area contributed by atoms with Gasteiger partial charge in [0.2, 0.25) is 5.91 Å². The zero-order valence-electron chi connectivity index (χ0n) is 18.5. The number of hydrogen-bond acceptors (Lipinski definition) is 7. The van der Waals surface area contributed by atoms with Gasteiger partial charge in [-0.1, -0.05) is 42.1 Å². The van der Waals surface area contributed by atoms with E-state index in [2.05, 4.69) is 10.3 Å². The van der Waals surface area contributed by atoms with Crippen molar-refractivity contribution < 1.29 is 15.0 Å².